The Labute approximate surface area is 184 Å². The molecule has 1 aromatic heterocycles. The average molecular weight is 468 g/mol. The highest BCUT2D eigenvalue weighted by Crippen LogP contribution is 2.28. The number of halogens is 1. The predicted molar refractivity (Wildman–Crippen MR) is 120 cm³/mol. The van der Waals surface area contributed by atoms with Gasteiger partial charge in [-0.2, -0.15) is 0 Å². The molecule has 1 amide bonds. The van der Waals surface area contributed by atoms with Crippen molar-refractivity contribution in [1.29, 1.82) is 0 Å². The van der Waals surface area contributed by atoms with E-state index in [2.05, 4.69) is 25.8 Å². The Hall–Kier alpha value is -3.06. The lowest BCUT2D eigenvalue weighted by molar-refractivity contribution is 0.0746. The number of nitrogens with zero attached hydrogens (tertiary/aromatic N) is 3. The summed E-state index contributed by atoms with van der Waals surface area (Å²) in [5.41, 5.74) is 1.62. The second-order valence-corrected chi connectivity index (χ2v) is 7.81. The van der Waals surface area contributed by atoms with Crippen molar-refractivity contribution in [1.82, 2.24) is 9.88 Å². The average Bonchev–Trinajstić information content (AvgIpc) is 2.81. The summed E-state index contributed by atoms with van der Waals surface area (Å²) in [6.45, 7) is 2.80. The molecule has 4 rings (SSSR count). The van der Waals surface area contributed by atoms with E-state index >= 15 is 0 Å². The van der Waals surface area contributed by atoms with Crippen LogP contribution in [0.15, 0.2) is 71.3 Å². The van der Waals surface area contributed by atoms with Crippen LogP contribution in [0.1, 0.15) is 10.4 Å². The highest BCUT2D eigenvalue weighted by atomic mass is 79.9. The number of piperazine rings is 1. The second kappa shape index (κ2) is 9.17. The van der Waals surface area contributed by atoms with Gasteiger partial charge >= 0.3 is 0 Å². The zero-order valence-electron chi connectivity index (χ0n) is 16.6. The summed E-state index contributed by atoms with van der Waals surface area (Å²) < 4.78 is 12.2. The van der Waals surface area contributed by atoms with Crippen molar-refractivity contribution in [3.8, 4) is 17.4 Å². The van der Waals surface area contributed by atoms with Crippen molar-refractivity contribution < 1.29 is 14.3 Å². The molecule has 0 spiro atoms. The van der Waals surface area contributed by atoms with Crippen LogP contribution in [-0.2, 0) is 0 Å². The maximum Gasteiger partial charge on any atom is 0.255 e. The Kier molecular flexibility index (Phi) is 6.18. The molecule has 2 aromatic carbocycles. The van der Waals surface area contributed by atoms with Crippen molar-refractivity contribution >= 4 is 27.5 Å². The lowest BCUT2D eigenvalue weighted by atomic mass is 10.2. The van der Waals surface area contributed by atoms with Gasteiger partial charge in [0.2, 0.25) is 5.88 Å². The topological polar surface area (TPSA) is 54.9 Å². The lowest BCUT2D eigenvalue weighted by Crippen LogP contribution is -2.48. The van der Waals surface area contributed by atoms with Gasteiger partial charge in [-0.15, -0.1) is 0 Å². The summed E-state index contributed by atoms with van der Waals surface area (Å²) in [4.78, 5) is 21.3. The van der Waals surface area contributed by atoms with Crippen LogP contribution in [0.4, 0.5) is 5.69 Å². The van der Waals surface area contributed by atoms with Crippen LogP contribution in [0, 0.1) is 0 Å². The number of carbonyl (C=O) groups excluding carboxylic acids is 1. The third-order valence-electron chi connectivity index (χ3n) is 5.01. The quantitative estimate of drug-likeness (QED) is 0.548. The van der Waals surface area contributed by atoms with E-state index in [0.29, 0.717) is 30.3 Å². The summed E-state index contributed by atoms with van der Waals surface area (Å²) in [7, 11) is 1.68. The number of pyridine rings is 1. The van der Waals surface area contributed by atoms with Gasteiger partial charge in [-0.25, -0.2) is 4.98 Å². The SMILES string of the molecule is COc1ccccc1N1CCN(C(=O)c2ccc(Oc3ccc(Br)cc3)nc2)CC1. The Morgan fingerprint density at radius 3 is 2.37 bits per heavy atom. The van der Waals surface area contributed by atoms with Crippen LogP contribution < -0.4 is 14.4 Å². The van der Waals surface area contributed by atoms with Gasteiger partial charge in [-0.05, 0) is 42.5 Å². The second-order valence-electron chi connectivity index (χ2n) is 6.89. The van der Waals surface area contributed by atoms with Crippen molar-refractivity contribution in [3.63, 3.8) is 0 Å². The molecule has 0 aliphatic carbocycles. The summed E-state index contributed by atoms with van der Waals surface area (Å²) >= 11 is 3.40. The highest BCUT2D eigenvalue weighted by molar-refractivity contribution is 9.10. The van der Waals surface area contributed by atoms with Gasteiger partial charge in [0, 0.05) is 42.9 Å². The van der Waals surface area contributed by atoms with Crippen LogP contribution in [-0.4, -0.2) is 49.1 Å². The van der Waals surface area contributed by atoms with Gasteiger partial charge in [-0.1, -0.05) is 28.1 Å². The first-order valence-corrected chi connectivity index (χ1v) is 10.5. The Morgan fingerprint density at radius 1 is 0.967 bits per heavy atom. The number of para-hydroxylation sites is 2. The molecule has 0 bridgehead atoms. The highest BCUT2D eigenvalue weighted by Gasteiger charge is 2.24. The van der Waals surface area contributed by atoms with Crippen LogP contribution in [0.25, 0.3) is 0 Å². The summed E-state index contributed by atoms with van der Waals surface area (Å²) in [5, 5.41) is 0. The van der Waals surface area contributed by atoms with Gasteiger partial charge in [0.1, 0.15) is 11.5 Å². The van der Waals surface area contributed by atoms with Crippen LogP contribution in [0.2, 0.25) is 0 Å². The molecular formula is C23H22BrN3O3. The molecule has 1 aliphatic heterocycles. The molecule has 0 unspecified atom stereocenters. The Morgan fingerprint density at radius 2 is 1.70 bits per heavy atom. The molecule has 0 radical (unpaired) electrons. The molecule has 1 fully saturated rings. The maximum atomic E-state index is 12.9. The number of aromatic nitrogens is 1. The molecule has 7 heteroatoms. The molecule has 154 valence electrons. The first-order valence-electron chi connectivity index (χ1n) is 9.71. The van der Waals surface area contributed by atoms with E-state index in [1.807, 2.05) is 53.4 Å². The zero-order chi connectivity index (χ0) is 20.9. The summed E-state index contributed by atoms with van der Waals surface area (Å²) in [5.74, 6) is 1.98. The van der Waals surface area contributed by atoms with Crippen LogP contribution in [0.5, 0.6) is 17.4 Å². The molecule has 3 aromatic rings. The van der Waals surface area contributed by atoms with Crippen molar-refractivity contribution in [2.75, 3.05) is 38.2 Å². The fraction of sp³-hybridized carbons (Fsp3) is 0.217. The summed E-state index contributed by atoms with van der Waals surface area (Å²) in [6.07, 6.45) is 1.57. The third kappa shape index (κ3) is 4.57. The minimum atomic E-state index is -0.0163. The molecule has 0 atom stereocenters. The zero-order valence-corrected chi connectivity index (χ0v) is 18.2. The van der Waals surface area contributed by atoms with Crippen molar-refractivity contribution in [2.45, 2.75) is 0 Å². The van der Waals surface area contributed by atoms with Gasteiger partial charge in [0.15, 0.2) is 0 Å². The molecular weight excluding hydrogens is 446 g/mol. The number of rotatable bonds is 5. The molecule has 6 nitrogen and oxygen atoms in total. The van der Waals surface area contributed by atoms with E-state index in [9.17, 15) is 4.79 Å². The lowest BCUT2D eigenvalue weighted by Gasteiger charge is -2.36. The fourth-order valence-corrected chi connectivity index (χ4v) is 3.68. The molecule has 30 heavy (non-hydrogen) atoms. The fourth-order valence-electron chi connectivity index (χ4n) is 3.41. The van der Waals surface area contributed by atoms with E-state index in [4.69, 9.17) is 9.47 Å². The van der Waals surface area contributed by atoms with Gasteiger partial charge in [0.05, 0.1) is 18.4 Å². The monoisotopic (exact) mass is 467 g/mol. The van der Waals surface area contributed by atoms with Crippen LogP contribution >= 0.6 is 15.9 Å². The number of hydrogen-bond acceptors (Lipinski definition) is 5. The predicted octanol–water partition coefficient (Wildman–Crippen LogP) is 4.61. The first-order chi connectivity index (χ1) is 14.6. The standard InChI is InChI=1S/C23H22BrN3O3/c1-29-21-5-3-2-4-20(21)26-12-14-27(15-13-26)23(28)17-6-11-22(25-16-17)30-19-9-7-18(24)8-10-19/h2-11,16H,12-15H2,1H3. The third-order valence-corrected chi connectivity index (χ3v) is 5.54. The van der Waals surface area contributed by atoms with Gasteiger partial charge < -0.3 is 19.3 Å². The number of amides is 1. The normalized spacial score (nSPS) is 13.8. The molecule has 2 heterocycles. The van der Waals surface area contributed by atoms with E-state index in [1.54, 1.807) is 25.4 Å². The molecule has 1 saturated heterocycles. The van der Waals surface area contributed by atoms with E-state index < -0.39 is 0 Å². The maximum absolute atomic E-state index is 12.9. The van der Waals surface area contributed by atoms with Crippen molar-refractivity contribution in [2.24, 2.45) is 0 Å². The number of anilines is 1. The van der Waals surface area contributed by atoms with Crippen LogP contribution in [0.3, 0.4) is 0 Å². The minimum absolute atomic E-state index is 0.0163. The van der Waals surface area contributed by atoms with E-state index in [1.165, 1.54) is 0 Å². The molecule has 1 aliphatic rings. The van der Waals surface area contributed by atoms with Crippen molar-refractivity contribution in [3.05, 3.63) is 76.9 Å². The number of carbonyl (C=O) groups is 1. The molecule has 0 saturated carbocycles. The number of benzene rings is 2. The number of ether oxygens (including phenoxy) is 2. The smallest absolute Gasteiger partial charge is 0.255 e. The van der Waals surface area contributed by atoms with E-state index in [0.717, 1.165) is 29.0 Å². The molecule has 0 N–H and O–H groups in total. The number of methoxy groups -OCH3 is 1. The van der Waals surface area contributed by atoms with Gasteiger partial charge in [0.25, 0.3) is 5.91 Å². The first kappa shape index (κ1) is 20.2. The number of hydrogen-bond donors (Lipinski definition) is 0. The largest absolute Gasteiger partial charge is 0.495 e. The Balaban J connectivity index is 1.36. The Bertz CT molecular complexity index is 1000. The van der Waals surface area contributed by atoms with E-state index in [-0.39, 0.29) is 5.91 Å². The minimum Gasteiger partial charge on any atom is -0.495 e. The van der Waals surface area contributed by atoms with Gasteiger partial charge in [-0.3, -0.25) is 4.79 Å². The summed E-state index contributed by atoms with van der Waals surface area (Å²) in [6, 6.07) is 18.9.